The quantitative estimate of drug-likeness (QED) is 0.468. The summed E-state index contributed by atoms with van der Waals surface area (Å²) in [6.07, 6.45) is 2.57. The molecule has 2 aromatic rings. The van der Waals surface area contributed by atoms with Gasteiger partial charge in [-0.2, -0.15) is 5.26 Å². The number of piperidine rings is 1. The van der Waals surface area contributed by atoms with Crippen LogP contribution in [-0.2, 0) is 19.7 Å². The smallest absolute Gasteiger partial charge is 0.410 e. The summed E-state index contributed by atoms with van der Waals surface area (Å²) in [5.41, 5.74) is -0.0882. The van der Waals surface area contributed by atoms with Gasteiger partial charge in [0.25, 0.3) is 0 Å². The van der Waals surface area contributed by atoms with E-state index in [1.807, 2.05) is 81.4 Å². The average Bonchev–Trinajstić information content (AvgIpc) is 2.85. The number of carbonyl (C=O) groups excluding carboxylic acids is 2. The fraction of sp³-hybridized carbons (Fsp3) is 0.483. The standard InChI is InChI=1S/C29H36N2O4/c1-27(2,3)35-26(33)31-21-18-28(17-20-30,19-22-31)15-16-29(25(32)34-4,23-11-7-5-8-12-23)24-13-9-6-10-14-24/h5-14H,15-19,21-22H2,1-4H3. The van der Waals surface area contributed by atoms with Gasteiger partial charge in [-0.1, -0.05) is 60.7 Å². The molecule has 0 N–H and O–H groups in total. The third-order valence-corrected chi connectivity index (χ3v) is 7.03. The summed E-state index contributed by atoms with van der Waals surface area (Å²) in [5.74, 6) is -0.312. The molecule has 3 rings (SSSR count). The lowest BCUT2D eigenvalue weighted by molar-refractivity contribution is -0.146. The van der Waals surface area contributed by atoms with E-state index in [-0.39, 0.29) is 17.5 Å². The zero-order valence-electron chi connectivity index (χ0n) is 21.3. The van der Waals surface area contributed by atoms with Gasteiger partial charge in [0.2, 0.25) is 0 Å². The molecule has 0 unspecified atom stereocenters. The van der Waals surface area contributed by atoms with E-state index in [9.17, 15) is 14.9 Å². The lowest BCUT2D eigenvalue weighted by atomic mass is 9.65. The number of likely N-dealkylation sites (tertiary alicyclic amines) is 1. The number of nitrogens with zero attached hydrogens (tertiary/aromatic N) is 2. The van der Waals surface area contributed by atoms with Crippen molar-refractivity contribution in [3.8, 4) is 6.07 Å². The van der Waals surface area contributed by atoms with Gasteiger partial charge in [0.05, 0.1) is 13.2 Å². The summed E-state index contributed by atoms with van der Waals surface area (Å²) >= 11 is 0. The van der Waals surface area contributed by atoms with E-state index in [1.54, 1.807) is 4.90 Å². The van der Waals surface area contributed by atoms with Crippen LogP contribution in [0.15, 0.2) is 60.7 Å². The van der Waals surface area contributed by atoms with Gasteiger partial charge in [0, 0.05) is 19.5 Å². The Labute approximate surface area is 208 Å². The summed E-state index contributed by atoms with van der Waals surface area (Å²) in [5, 5.41) is 9.68. The van der Waals surface area contributed by atoms with Crippen molar-refractivity contribution in [1.29, 1.82) is 5.26 Å². The molecule has 6 heteroatoms. The van der Waals surface area contributed by atoms with Gasteiger partial charge >= 0.3 is 12.1 Å². The van der Waals surface area contributed by atoms with Gasteiger partial charge in [-0.15, -0.1) is 0 Å². The van der Waals surface area contributed by atoms with Crippen LogP contribution in [0.4, 0.5) is 4.79 Å². The number of rotatable bonds is 7. The third kappa shape index (κ3) is 6.03. The molecule has 1 aliphatic rings. The van der Waals surface area contributed by atoms with E-state index in [0.717, 1.165) is 11.1 Å². The highest BCUT2D eigenvalue weighted by Crippen LogP contribution is 2.46. The number of methoxy groups -OCH3 is 1. The molecule has 0 aliphatic carbocycles. The van der Waals surface area contributed by atoms with Crippen molar-refractivity contribution in [2.24, 2.45) is 5.41 Å². The molecular formula is C29H36N2O4. The zero-order chi connectivity index (χ0) is 25.5. The minimum Gasteiger partial charge on any atom is -0.468 e. The first-order chi connectivity index (χ1) is 16.7. The van der Waals surface area contributed by atoms with Gasteiger partial charge in [-0.25, -0.2) is 4.79 Å². The molecule has 6 nitrogen and oxygen atoms in total. The Kier molecular flexibility index (Phi) is 8.22. The molecule has 0 bridgehead atoms. The number of hydrogen-bond donors (Lipinski definition) is 0. The number of amides is 1. The summed E-state index contributed by atoms with van der Waals surface area (Å²) in [4.78, 5) is 27.8. The topological polar surface area (TPSA) is 79.6 Å². The van der Waals surface area contributed by atoms with Crippen molar-refractivity contribution in [2.75, 3.05) is 20.2 Å². The van der Waals surface area contributed by atoms with Crippen LogP contribution >= 0.6 is 0 Å². The monoisotopic (exact) mass is 476 g/mol. The van der Waals surface area contributed by atoms with E-state index in [1.165, 1.54) is 7.11 Å². The molecule has 0 atom stereocenters. The number of carbonyl (C=O) groups is 2. The largest absolute Gasteiger partial charge is 0.468 e. The Morgan fingerprint density at radius 3 is 1.91 bits per heavy atom. The first-order valence-corrected chi connectivity index (χ1v) is 12.2. The summed E-state index contributed by atoms with van der Waals surface area (Å²) in [7, 11) is 1.42. The highest BCUT2D eigenvalue weighted by molar-refractivity contribution is 5.87. The predicted octanol–water partition coefficient (Wildman–Crippen LogP) is 5.86. The van der Waals surface area contributed by atoms with Gasteiger partial charge in [-0.05, 0) is 63.0 Å². The SMILES string of the molecule is COC(=O)C(CCC1(CC#N)CCN(C(=O)OC(C)(C)C)CC1)(c1ccccc1)c1ccccc1. The molecule has 35 heavy (non-hydrogen) atoms. The number of ether oxygens (including phenoxy) is 2. The maximum atomic E-state index is 13.5. The normalized spacial score (nSPS) is 15.7. The number of esters is 1. The van der Waals surface area contributed by atoms with Gasteiger partial charge in [-0.3, -0.25) is 4.79 Å². The van der Waals surface area contributed by atoms with Crippen molar-refractivity contribution in [2.45, 2.75) is 63.9 Å². The molecule has 0 spiro atoms. The summed E-state index contributed by atoms with van der Waals surface area (Å²) in [6.45, 7) is 6.62. The van der Waals surface area contributed by atoms with E-state index < -0.39 is 11.0 Å². The van der Waals surface area contributed by atoms with Gasteiger partial charge < -0.3 is 14.4 Å². The third-order valence-electron chi connectivity index (χ3n) is 7.03. The first-order valence-electron chi connectivity index (χ1n) is 12.2. The number of nitriles is 1. The van der Waals surface area contributed by atoms with Crippen LogP contribution in [0.3, 0.4) is 0 Å². The summed E-state index contributed by atoms with van der Waals surface area (Å²) in [6, 6.07) is 21.8. The Balaban J connectivity index is 1.90. The molecule has 186 valence electrons. The maximum Gasteiger partial charge on any atom is 0.410 e. The Bertz CT molecular complexity index is 990. The molecule has 1 fully saturated rings. The molecule has 0 aromatic heterocycles. The molecule has 2 aromatic carbocycles. The van der Waals surface area contributed by atoms with Crippen LogP contribution in [0.2, 0.25) is 0 Å². The Hall–Kier alpha value is -3.33. The fourth-order valence-corrected chi connectivity index (χ4v) is 5.04. The molecule has 1 amide bonds. The van der Waals surface area contributed by atoms with Crippen molar-refractivity contribution in [1.82, 2.24) is 4.90 Å². The van der Waals surface area contributed by atoms with Crippen LogP contribution < -0.4 is 0 Å². The van der Waals surface area contributed by atoms with Crippen LogP contribution in [0.25, 0.3) is 0 Å². The second kappa shape index (κ2) is 10.9. The van der Waals surface area contributed by atoms with Crippen molar-refractivity contribution < 1.29 is 19.1 Å². The molecule has 0 saturated carbocycles. The van der Waals surface area contributed by atoms with Crippen molar-refractivity contribution >= 4 is 12.1 Å². The fourth-order valence-electron chi connectivity index (χ4n) is 5.04. The molecule has 1 saturated heterocycles. The Morgan fingerprint density at radius 2 is 1.49 bits per heavy atom. The predicted molar refractivity (Wildman–Crippen MR) is 135 cm³/mol. The van der Waals surface area contributed by atoms with Crippen LogP contribution in [0.1, 0.15) is 64.0 Å². The second-order valence-corrected chi connectivity index (χ2v) is 10.4. The lowest BCUT2D eigenvalue weighted by Crippen LogP contribution is -2.46. The Morgan fingerprint density at radius 1 is 0.971 bits per heavy atom. The van der Waals surface area contributed by atoms with Crippen LogP contribution in [0.5, 0.6) is 0 Å². The first kappa shape index (κ1) is 26.3. The highest BCUT2D eigenvalue weighted by Gasteiger charge is 2.46. The van der Waals surface area contributed by atoms with Crippen LogP contribution in [0, 0.1) is 16.7 Å². The summed E-state index contributed by atoms with van der Waals surface area (Å²) < 4.78 is 10.9. The molecule has 0 radical (unpaired) electrons. The minimum atomic E-state index is -0.984. The second-order valence-electron chi connectivity index (χ2n) is 10.4. The maximum absolute atomic E-state index is 13.5. The minimum absolute atomic E-state index is 0.296. The lowest BCUT2D eigenvalue weighted by Gasteiger charge is -2.43. The van der Waals surface area contributed by atoms with Gasteiger partial charge in [0.15, 0.2) is 0 Å². The molecule has 1 heterocycles. The number of benzene rings is 2. The molecular weight excluding hydrogens is 440 g/mol. The van der Waals surface area contributed by atoms with Crippen molar-refractivity contribution in [3.63, 3.8) is 0 Å². The van der Waals surface area contributed by atoms with Crippen molar-refractivity contribution in [3.05, 3.63) is 71.8 Å². The van der Waals surface area contributed by atoms with E-state index in [2.05, 4.69) is 6.07 Å². The van der Waals surface area contributed by atoms with Crippen LogP contribution in [-0.4, -0.2) is 42.8 Å². The van der Waals surface area contributed by atoms with E-state index in [4.69, 9.17) is 9.47 Å². The van der Waals surface area contributed by atoms with E-state index in [0.29, 0.717) is 45.2 Å². The number of hydrogen-bond acceptors (Lipinski definition) is 5. The van der Waals surface area contributed by atoms with E-state index >= 15 is 0 Å². The highest BCUT2D eigenvalue weighted by atomic mass is 16.6. The molecule has 1 aliphatic heterocycles. The average molecular weight is 477 g/mol. The van der Waals surface area contributed by atoms with Gasteiger partial charge in [0.1, 0.15) is 11.0 Å². The zero-order valence-corrected chi connectivity index (χ0v) is 21.3.